The molecule has 5 heteroatoms. The summed E-state index contributed by atoms with van der Waals surface area (Å²) in [4.78, 5) is 6.46. The third-order valence-corrected chi connectivity index (χ3v) is 3.58. The normalized spacial score (nSPS) is 21.1. The maximum atomic E-state index is 8.68. The predicted octanol–water partition coefficient (Wildman–Crippen LogP) is 1.80. The summed E-state index contributed by atoms with van der Waals surface area (Å²) in [6.07, 6.45) is 5.46. The molecule has 2 heterocycles. The second-order valence-corrected chi connectivity index (χ2v) is 4.75. The van der Waals surface area contributed by atoms with Crippen molar-refractivity contribution in [2.45, 2.75) is 26.2 Å². The van der Waals surface area contributed by atoms with E-state index in [1.165, 1.54) is 19.3 Å². The number of anilines is 1. The van der Waals surface area contributed by atoms with Crippen LogP contribution < -0.4 is 10.6 Å². The number of pyridine rings is 1. The van der Waals surface area contributed by atoms with Gasteiger partial charge in [0.05, 0.1) is 0 Å². The van der Waals surface area contributed by atoms with Gasteiger partial charge in [0.15, 0.2) is 5.84 Å². The third-order valence-electron chi connectivity index (χ3n) is 3.58. The second-order valence-electron chi connectivity index (χ2n) is 4.75. The van der Waals surface area contributed by atoms with Crippen molar-refractivity contribution < 1.29 is 5.21 Å². The minimum absolute atomic E-state index is 0.0564. The van der Waals surface area contributed by atoms with Crippen molar-refractivity contribution in [1.29, 1.82) is 0 Å². The zero-order valence-electron chi connectivity index (χ0n) is 10.7. The molecule has 18 heavy (non-hydrogen) atoms. The van der Waals surface area contributed by atoms with Gasteiger partial charge in [-0.2, -0.15) is 0 Å². The standard InChI is InChI=1S/C13H20N4O/c1-2-10-4-3-7-17(9-10)11-5-6-15-12(8-11)13(14)16-18/h5-6,8,10,18H,2-4,7,9H2,1H3,(H2,14,16). The van der Waals surface area contributed by atoms with Gasteiger partial charge in [0.2, 0.25) is 0 Å². The summed E-state index contributed by atoms with van der Waals surface area (Å²) in [6, 6.07) is 3.86. The Hall–Kier alpha value is -1.78. The molecule has 1 saturated heterocycles. The van der Waals surface area contributed by atoms with Crippen molar-refractivity contribution in [2.75, 3.05) is 18.0 Å². The highest BCUT2D eigenvalue weighted by molar-refractivity contribution is 5.95. The van der Waals surface area contributed by atoms with Gasteiger partial charge >= 0.3 is 0 Å². The van der Waals surface area contributed by atoms with Crippen LogP contribution >= 0.6 is 0 Å². The molecule has 1 fully saturated rings. The van der Waals surface area contributed by atoms with E-state index >= 15 is 0 Å². The molecular formula is C13H20N4O. The van der Waals surface area contributed by atoms with Gasteiger partial charge in [-0.15, -0.1) is 0 Å². The molecule has 0 amide bonds. The summed E-state index contributed by atoms with van der Waals surface area (Å²) in [5.74, 6) is 0.820. The first-order valence-corrected chi connectivity index (χ1v) is 6.43. The molecule has 1 unspecified atom stereocenters. The van der Waals surface area contributed by atoms with E-state index in [1.807, 2.05) is 12.1 Å². The first-order valence-electron chi connectivity index (χ1n) is 6.43. The number of hydrogen-bond donors (Lipinski definition) is 2. The van der Waals surface area contributed by atoms with Crippen LogP contribution in [0.1, 0.15) is 31.9 Å². The summed E-state index contributed by atoms with van der Waals surface area (Å²) in [5, 5.41) is 11.7. The van der Waals surface area contributed by atoms with Crippen molar-refractivity contribution in [3.8, 4) is 0 Å². The van der Waals surface area contributed by atoms with E-state index in [-0.39, 0.29) is 5.84 Å². The number of oxime groups is 1. The fourth-order valence-corrected chi connectivity index (χ4v) is 2.44. The SMILES string of the molecule is CCC1CCCN(c2ccnc(C(N)=NO)c2)C1. The van der Waals surface area contributed by atoms with Gasteiger partial charge < -0.3 is 15.8 Å². The van der Waals surface area contributed by atoms with Crippen LogP contribution in [0.15, 0.2) is 23.5 Å². The number of hydrogen-bond acceptors (Lipinski definition) is 4. The zero-order valence-corrected chi connectivity index (χ0v) is 10.7. The second kappa shape index (κ2) is 5.71. The molecule has 0 aliphatic carbocycles. The quantitative estimate of drug-likeness (QED) is 0.370. The molecular weight excluding hydrogens is 228 g/mol. The molecule has 1 aromatic rings. The fourth-order valence-electron chi connectivity index (χ4n) is 2.44. The summed E-state index contributed by atoms with van der Waals surface area (Å²) in [5.41, 5.74) is 7.19. The van der Waals surface area contributed by atoms with Crippen molar-refractivity contribution in [2.24, 2.45) is 16.8 Å². The molecule has 0 bridgehead atoms. The molecule has 1 aromatic heterocycles. The Bertz CT molecular complexity index is 433. The van der Waals surface area contributed by atoms with Gasteiger partial charge in [0.1, 0.15) is 5.69 Å². The van der Waals surface area contributed by atoms with Gasteiger partial charge in [-0.1, -0.05) is 18.5 Å². The maximum absolute atomic E-state index is 8.68. The largest absolute Gasteiger partial charge is 0.409 e. The molecule has 1 aliphatic heterocycles. The number of nitrogens with two attached hydrogens (primary N) is 1. The van der Waals surface area contributed by atoms with Crippen LogP contribution in [0.3, 0.4) is 0 Å². The van der Waals surface area contributed by atoms with E-state index < -0.39 is 0 Å². The summed E-state index contributed by atoms with van der Waals surface area (Å²) in [6.45, 7) is 4.38. The zero-order chi connectivity index (χ0) is 13.0. The van der Waals surface area contributed by atoms with Gasteiger partial charge in [-0.05, 0) is 30.9 Å². The Labute approximate surface area is 107 Å². The van der Waals surface area contributed by atoms with E-state index in [9.17, 15) is 0 Å². The van der Waals surface area contributed by atoms with E-state index in [0.29, 0.717) is 5.69 Å². The van der Waals surface area contributed by atoms with E-state index in [2.05, 4.69) is 22.0 Å². The van der Waals surface area contributed by atoms with Crippen LogP contribution in [0.2, 0.25) is 0 Å². The lowest BCUT2D eigenvalue weighted by atomic mass is 9.95. The summed E-state index contributed by atoms with van der Waals surface area (Å²) >= 11 is 0. The smallest absolute Gasteiger partial charge is 0.188 e. The van der Waals surface area contributed by atoms with E-state index in [0.717, 1.165) is 24.7 Å². The monoisotopic (exact) mass is 248 g/mol. The fraction of sp³-hybridized carbons (Fsp3) is 0.538. The Morgan fingerprint density at radius 2 is 2.50 bits per heavy atom. The molecule has 0 radical (unpaired) electrons. The van der Waals surface area contributed by atoms with Crippen molar-refractivity contribution >= 4 is 11.5 Å². The van der Waals surface area contributed by atoms with E-state index in [4.69, 9.17) is 10.9 Å². The predicted molar refractivity (Wildman–Crippen MR) is 72.0 cm³/mol. The molecule has 0 spiro atoms. The average molecular weight is 248 g/mol. The number of amidine groups is 1. The Kier molecular flexibility index (Phi) is 4.02. The number of aromatic nitrogens is 1. The highest BCUT2D eigenvalue weighted by atomic mass is 16.4. The molecule has 1 aliphatic rings. The maximum Gasteiger partial charge on any atom is 0.188 e. The van der Waals surface area contributed by atoms with E-state index in [1.54, 1.807) is 6.20 Å². The molecule has 0 aromatic carbocycles. The van der Waals surface area contributed by atoms with Crippen LogP contribution in [0.5, 0.6) is 0 Å². The highest BCUT2D eigenvalue weighted by Gasteiger charge is 2.19. The van der Waals surface area contributed by atoms with Gasteiger partial charge in [0, 0.05) is 25.0 Å². The molecule has 2 rings (SSSR count). The van der Waals surface area contributed by atoms with Crippen LogP contribution in [-0.2, 0) is 0 Å². The summed E-state index contributed by atoms with van der Waals surface area (Å²) < 4.78 is 0. The lowest BCUT2D eigenvalue weighted by Gasteiger charge is -2.34. The average Bonchev–Trinajstić information content (AvgIpc) is 2.46. The minimum Gasteiger partial charge on any atom is -0.409 e. The number of rotatable bonds is 3. The Morgan fingerprint density at radius 1 is 1.67 bits per heavy atom. The third kappa shape index (κ3) is 2.72. The van der Waals surface area contributed by atoms with Gasteiger partial charge in [-0.25, -0.2) is 0 Å². The van der Waals surface area contributed by atoms with Crippen LogP contribution in [0.25, 0.3) is 0 Å². The number of nitrogens with zero attached hydrogens (tertiary/aromatic N) is 3. The van der Waals surface area contributed by atoms with Crippen LogP contribution in [-0.4, -0.2) is 29.1 Å². The molecule has 1 atom stereocenters. The lowest BCUT2D eigenvalue weighted by molar-refractivity contribution is 0.318. The van der Waals surface area contributed by atoms with Crippen LogP contribution in [0.4, 0.5) is 5.69 Å². The van der Waals surface area contributed by atoms with Crippen molar-refractivity contribution in [3.05, 3.63) is 24.0 Å². The van der Waals surface area contributed by atoms with Gasteiger partial charge in [-0.3, -0.25) is 4.98 Å². The van der Waals surface area contributed by atoms with Crippen molar-refractivity contribution in [3.63, 3.8) is 0 Å². The number of piperidine rings is 1. The Morgan fingerprint density at radius 3 is 3.22 bits per heavy atom. The molecule has 0 saturated carbocycles. The minimum atomic E-state index is 0.0564. The first-order chi connectivity index (χ1) is 8.74. The van der Waals surface area contributed by atoms with Crippen LogP contribution in [0, 0.1) is 5.92 Å². The highest BCUT2D eigenvalue weighted by Crippen LogP contribution is 2.24. The molecule has 3 N–H and O–H groups in total. The molecule has 5 nitrogen and oxygen atoms in total. The van der Waals surface area contributed by atoms with Crippen molar-refractivity contribution in [1.82, 2.24) is 4.98 Å². The topological polar surface area (TPSA) is 74.7 Å². The van der Waals surface area contributed by atoms with Gasteiger partial charge in [0.25, 0.3) is 0 Å². The lowest BCUT2D eigenvalue weighted by Crippen LogP contribution is -2.35. The summed E-state index contributed by atoms with van der Waals surface area (Å²) in [7, 11) is 0. The first kappa shape index (κ1) is 12.7. The Balaban J connectivity index is 2.17. The molecule has 98 valence electrons.